The van der Waals surface area contributed by atoms with Gasteiger partial charge in [0.1, 0.15) is 12.4 Å². The van der Waals surface area contributed by atoms with Gasteiger partial charge in [-0.05, 0) is 30.7 Å². The van der Waals surface area contributed by atoms with Gasteiger partial charge in [-0.2, -0.15) is 9.78 Å². The van der Waals surface area contributed by atoms with Crippen LogP contribution in [0.3, 0.4) is 0 Å². The predicted octanol–water partition coefficient (Wildman–Crippen LogP) is 4.96. The summed E-state index contributed by atoms with van der Waals surface area (Å²) in [7, 11) is 0. The standard InChI is InChI=1S/C22H18BrClN4O4/c1-3-5-6-20-26-18-8-7-15(23)12-16(18)22(29)27(20)25-13-14-10-17(24)21(32-9-4-2)19(11-14)28(30)31/h2,7-8,10-13H,3,5-6,9H2,1H3. The molecule has 1 heterocycles. The van der Waals surface area contributed by atoms with Crippen LogP contribution in [0.15, 0.2) is 44.7 Å². The molecule has 0 aliphatic heterocycles. The van der Waals surface area contributed by atoms with Gasteiger partial charge in [0.05, 0.1) is 27.1 Å². The van der Waals surface area contributed by atoms with Crippen molar-refractivity contribution < 1.29 is 9.66 Å². The Balaban J connectivity index is 2.11. The summed E-state index contributed by atoms with van der Waals surface area (Å²) >= 11 is 9.54. The number of nitro groups is 1. The Morgan fingerprint density at radius 3 is 2.88 bits per heavy atom. The van der Waals surface area contributed by atoms with E-state index in [0.29, 0.717) is 28.7 Å². The van der Waals surface area contributed by atoms with Gasteiger partial charge in [0.15, 0.2) is 0 Å². The lowest BCUT2D eigenvalue weighted by Gasteiger charge is -2.10. The van der Waals surface area contributed by atoms with E-state index in [-0.39, 0.29) is 28.6 Å². The van der Waals surface area contributed by atoms with Crippen molar-refractivity contribution in [2.24, 2.45) is 5.10 Å². The number of benzene rings is 2. The number of fused-ring (bicyclic) bond motifs is 1. The molecule has 0 fully saturated rings. The van der Waals surface area contributed by atoms with Crippen molar-refractivity contribution in [1.82, 2.24) is 9.66 Å². The molecular weight excluding hydrogens is 500 g/mol. The van der Waals surface area contributed by atoms with Crippen LogP contribution < -0.4 is 10.3 Å². The number of hydrogen-bond acceptors (Lipinski definition) is 6. The van der Waals surface area contributed by atoms with E-state index in [0.717, 1.165) is 17.3 Å². The van der Waals surface area contributed by atoms with Crippen LogP contribution in [0.2, 0.25) is 5.02 Å². The van der Waals surface area contributed by atoms with E-state index < -0.39 is 4.92 Å². The van der Waals surface area contributed by atoms with E-state index in [4.69, 9.17) is 22.8 Å². The van der Waals surface area contributed by atoms with Gasteiger partial charge in [-0.25, -0.2) is 4.98 Å². The number of terminal acetylenes is 1. The fraction of sp³-hybridized carbons (Fsp3) is 0.227. The molecule has 0 saturated carbocycles. The molecule has 0 unspecified atom stereocenters. The molecule has 0 N–H and O–H groups in total. The second-order valence-corrected chi connectivity index (χ2v) is 8.08. The molecule has 0 radical (unpaired) electrons. The molecule has 164 valence electrons. The minimum Gasteiger partial charge on any atom is -0.473 e. The number of unbranched alkanes of at least 4 members (excludes halogenated alkanes) is 1. The highest BCUT2D eigenvalue weighted by Gasteiger charge is 2.20. The summed E-state index contributed by atoms with van der Waals surface area (Å²) in [5, 5.41) is 16.2. The lowest BCUT2D eigenvalue weighted by molar-refractivity contribution is -0.385. The summed E-state index contributed by atoms with van der Waals surface area (Å²) < 4.78 is 7.17. The van der Waals surface area contributed by atoms with Crippen LogP contribution >= 0.6 is 27.5 Å². The maximum Gasteiger partial charge on any atom is 0.313 e. The highest BCUT2D eigenvalue weighted by molar-refractivity contribution is 9.10. The van der Waals surface area contributed by atoms with Gasteiger partial charge in [-0.1, -0.05) is 46.8 Å². The molecule has 0 amide bonds. The molecule has 3 aromatic rings. The van der Waals surface area contributed by atoms with E-state index in [1.807, 2.05) is 13.0 Å². The van der Waals surface area contributed by atoms with Gasteiger partial charge < -0.3 is 4.74 Å². The van der Waals surface area contributed by atoms with Gasteiger partial charge in [-0.15, -0.1) is 6.42 Å². The SMILES string of the molecule is C#CCOc1c(Cl)cc(C=Nn2c(CCCC)nc3ccc(Br)cc3c2=O)cc1[N+](=O)[O-]. The lowest BCUT2D eigenvalue weighted by Crippen LogP contribution is -2.22. The number of halogens is 2. The molecule has 0 atom stereocenters. The van der Waals surface area contributed by atoms with Crippen LogP contribution in [0.1, 0.15) is 31.2 Å². The third-order valence-corrected chi connectivity index (χ3v) is 5.27. The summed E-state index contributed by atoms with van der Waals surface area (Å²) in [5.41, 5.74) is 0.198. The van der Waals surface area contributed by atoms with Crippen molar-refractivity contribution in [3.05, 3.63) is 71.7 Å². The maximum absolute atomic E-state index is 13.1. The Morgan fingerprint density at radius 1 is 1.41 bits per heavy atom. The monoisotopic (exact) mass is 516 g/mol. The molecule has 0 aliphatic carbocycles. The summed E-state index contributed by atoms with van der Waals surface area (Å²) in [6.45, 7) is 1.87. The van der Waals surface area contributed by atoms with Crippen molar-refractivity contribution in [3.8, 4) is 18.1 Å². The first kappa shape index (κ1) is 23.4. The Morgan fingerprint density at radius 2 is 2.19 bits per heavy atom. The Bertz CT molecular complexity index is 1310. The normalized spacial score (nSPS) is 11.1. The van der Waals surface area contributed by atoms with Crippen molar-refractivity contribution in [3.63, 3.8) is 0 Å². The van der Waals surface area contributed by atoms with Crippen LogP contribution in [0.4, 0.5) is 5.69 Å². The number of nitro benzene ring substituents is 1. The molecule has 0 saturated heterocycles. The van der Waals surface area contributed by atoms with Crippen molar-refractivity contribution >= 4 is 50.3 Å². The lowest BCUT2D eigenvalue weighted by atomic mass is 10.2. The summed E-state index contributed by atoms with van der Waals surface area (Å²) in [4.78, 5) is 28.6. The quantitative estimate of drug-likeness (QED) is 0.182. The molecule has 0 aliphatic rings. The number of aromatic nitrogens is 2. The fourth-order valence-electron chi connectivity index (χ4n) is 3.00. The molecule has 8 nitrogen and oxygen atoms in total. The summed E-state index contributed by atoms with van der Waals surface area (Å²) in [6, 6.07) is 7.97. The van der Waals surface area contributed by atoms with Crippen molar-refractivity contribution in [2.45, 2.75) is 26.2 Å². The van der Waals surface area contributed by atoms with E-state index >= 15 is 0 Å². The second-order valence-electron chi connectivity index (χ2n) is 6.76. The number of rotatable bonds is 8. The molecular formula is C22H18BrClN4O4. The zero-order valence-electron chi connectivity index (χ0n) is 17.0. The maximum atomic E-state index is 13.1. The van der Waals surface area contributed by atoms with Crippen LogP contribution in [0.25, 0.3) is 10.9 Å². The molecule has 1 aromatic heterocycles. The zero-order valence-corrected chi connectivity index (χ0v) is 19.4. The Kier molecular flexibility index (Phi) is 7.62. The number of nitrogens with zero attached hydrogens (tertiary/aromatic N) is 4. The van der Waals surface area contributed by atoms with E-state index in [1.165, 1.54) is 23.0 Å². The van der Waals surface area contributed by atoms with Crippen LogP contribution in [-0.2, 0) is 6.42 Å². The number of ether oxygens (including phenoxy) is 1. The van der Waals surface area contributed by atoms with Crippen LogP contribution in [-0.4, -0.2) is 27.4 Å². The van der Waals surface area contributed by atoms with Crippen molar-refractivity contribution in [1.29, 1.82) is 0 Å². The molecule has 2 aromatic carbocycles. The average Bonchev–Trinajstić information content (AvgIpc) is 2.76. The van der Waals surface area contributed by atoms with Gasteiger partial charge in [-0.3, -0.25) is 14.9 Å². The highest BCUT2D eigenvalue weighted by Crippen LogP contribution is 2.35. The van der Waals surface area contributed by atoms with E-state index in [1.54, 1.807) is 12.1 Å². The third-order valence-electron chi connectivity index (χ3n) is 4.49. The number of hydrogen-bond donors (Lipinski definition) is 0. The van der Waals surface area contributed by atoms with E-state index in [9.17, 15) is 14.9 Å². The smallest absolute Gasteiger partial charge is 0.313 e. The van der Waals surface area contributed by atoms with Gasteiger partial charge in [0, 0.05) is 22.5 Å². The first-order chi connectivity index (χ1) is 15.3. The molecule has 0 spiro atoms. The number of aryl methyl sites for hydroxylation is 1. The molecule has 32 heavy (non-hydrogen) atoms. The molecule has 0 bridgehead atoms. The third kappa shape index (κ3) is 5.15. The minimum atomic E-state index is -0.622. The van der Waals surface area contributed by atoms with Gasteiger partial charge in [0.2, 0.25) is 5.75 Å². The van der Waals surface area contributed by atoms with Crippen LogP contribution in [0, 0.1) is 22.5 Å². The van der Waals surface area contributed by atoms with Crippen molar-refractivity contribution in [2.75, 3.05) is 6.61 Å². The van der Waals surface area contributed by atoms with Gasteiger partial charge >= 0.3 is 5.69 Å². The minimum absolute atomic E-state index is 0.00928. The highest BCUT2D eigenvalue weighted by atomic mass is 79.9. The fourth-order valence-corrected chi connectivity index (χ4v) is 3.64. The van der Waals surface area contributed by atoms with Gasteiger partial charge in [0.25, 0.3) is 5.56 Å². The summed E-state index contributed by atoms with van der Waals surface area (Å²) in [6.07, 6.45) is 8.77. The zero-order chi connectivity index (χ0) is 23.3. The first-order valence-corrected chi connectivity index (χ1v) is 10.8. The summed E-state index contributed by atoms with van der Waals surface area (Å²) in [5.74, 6) is 2.62. The predicted molar refractivity (Wildman–Crippen MR) is 128 cm³/mol. The Hall–Kier alpha value is -3.22. The van der Waals surface area contributed by atoms with E-state index in [2.05, 4.69) is 31.9 Å². The molecule has 10 heteroatoms. The van der Waals surface area contributed by atoms with Crippen LogP contribution in [0.5, 0.6) is 5.75 Å². The topological polar surface area (TPSA) is 99.6 Å². The average molecular weight is 518 g/mol. The second kappa shape index (κ2) is 10.4. The largest absolute Gasteiger partial charge is 0.473 e. The molecule has 3 rings (SSSR count). The first-order valence-electron chi connectivity index (χ1n) is 9.65. The Labute approximate surface area is 197 Å².